The molecule has 0 heterocycles. The first-order chi connectivity index (χ1) is 7.22. The molecule has 0 saturated carbocycles. The van der Waals surface area contributed by atoms with E-state index in [9.17, 15) is 13.2 Å². The Hall–Kier alpha value is 0.380. The van der Waals surface area contributed by atoms with E-state index in [0.29, 0.717) is 17.1 Å². The van der Waals surface area contributed by atoms with Crippen molar-refractivity contribution < 1.29 is 13.2 Å². The first-order valence-electron chi connectivity index (χ1n) is 4.85. The largest absolute Gasteiger partial charge is 0.348 e. The Morgan fingerprint density at radius 3 is 2.06 bits per heavy atom. The number of hydrogen-bond acceptors (Lipinski definition) is 3. The molecule has 7 heteroatoms. The van der Waals surface area contributed by atoms with Gasteiger partial charge in [-0.05, 0) is 13.3 Å². The summed E-state index contributed by atoms with van der Waals surface area (Å²) in [6.45, 7) is 3.33. The van der Waals surface area contributed by atoms with Crippen molar-refractivity contribution in [3.63, 3.8) is 0 Å². The Balaban J connectivity index is 4.79. The van der Waals surface area contributed by atoms with E-state index >= 15 is 0 Å². The summed E-state index contributed by atoms with van der Waals surface area (Å²) in [4.78, 5) is 11.8. The summed E-state index contributed by atoms with van der Waals surface area (Å²) >= 11 is 6.65. The number of nitrogens with one attached hydrogen (secondary N) is 1. The van der Waals surface area contributed by atoms with E-state index in [1.807, 2.05) is 6.92 Å². The quantitative estimate of drug-likeness (QED) is 0.712. The van der Waals surface area contributed by atoms with Crippen molar-refractivity contribution >= 4 is 47.6 Å². The lowest BCUT2D eigenvalue weighted by Gasteiger charge is -2.31. The Morgan fingerprint density at radius 1 is 1.38 bits per heavy atom. The van der Waals surface area contributed by atoms with Crippen LogP contribution in [0.2, 0.25) is 0 Å². The zero-order valence-electron chi connectivity index (χ0n) is 9.59. The van der Waals surface area contributed by atoms with Crippen molar-refractivity contribution in [3.8, 4) is 0 Å². The van der Waals surface area contributed by atoms with E-state index in [2.05, 4.69) is 37.2 Å². The van der Waals surface area contributed by atoms with Gasteiger partial charge in [0.15, 0.2) is 9.84 Å². The summed E-state index contributed by atoms with van der Waals surface area (Å²) in [6.07, 6.45) is 1.78. The van der Waals surface area contributed by atoms with Crippen LogP contribution in [0.15, 0.2) is 0 Å². The maximum Gasteiger partial charge on any atom is 0.238 e. The summed E-state index contributed by atoms with van der Waals surface area (Å²) < 4.78 is 22.5. The predicted molar refractivity (Wildman–Crippen MR) is 73.1 cm³/mol. The third-order valence-corrected chi connectivity index (χ3v) is 6.23. The van der Waals surface area contributed by atoms with Crippen molar-refractivity contribution in [2.45, 2.75) is 31.1 Å². The molecule has 4 nitrogen and oxygen atoms in total. The number of carbonyl (C=O) groups excluding carboxylic acids is 1. The first kappa shape index (κ1) is 16.4. The van der Waals surface area contributed by atoms with Gasteiger partial charge in [-0.3, -0.25) is 4.79 Å². The van der Waals surface area contributed by atoms with Crippen LogP contribution >= 0.6 is 31.9 Å². The smallest absolute Gasteiger partial charge is 0.238 e. The van der Waals surface area contributed by atoms with Gasteiger partial charge in [0.25, 0.3) is 0 Å². The highest BCUT2D eigenvalue weighted by Gasteiger charge is 2.32. The van der Waals surface area contributed by atoms with Crippen molar-refractivity contribution in [2.24, 2.45) is 0 Å². The van der Waals surface area contributed by atoms with Gasteiger partial charge in [0.05, 0.1) is 5.54 Å². The van der Waals surface area contributed by atoms with Crippen LogP contribution in [0, 0.1) is 0 Å². The van der Waals surface area contributed by atoms with Crippen LogP contribution in [-0.2, 0) is 14.6 Å². The number of hydrogen-bond donors (Lipinski definition) is 1. The molecule has 0 fully saturated rings. The zero-order valence-corrected chi connectivity index (χ0v) is 13.6. The highest BCUT2D eigenvalue weighted by atomic mass is 79.9. The lowest BCUT2D eigenvalue weighted by molar-refractivity contribution is -0.121. The molecule has 0 aliphatic heterocycles. The van der Waals surface area contributed by atoms with Gasteiger partial charge in [-0.25, -0.2) is 8.42 Å². The summed E-state index contributed by atoms with van der Waals surface area (Å²) in [5.74, 6) is -0.455. The Labute approximate surface area is 114 Å². The number of rotatable bonds is 6. The minimum absolute atomic E-state index is 0.434. The van der Waals surface area contributed by atoms with Crippen molar-refractivity contribution in [2.75, 3.05) is 16.9 Å². The van der Waals surface area contributed by atoms with Crippen LogP contribution in [0.3, 0.4) is 0 Å². The molecule has 0 rings (SSSR count). The molecule has 0 aliphatic rings. The second-order valence-corrected chi connectivity index (χ2v) is 7.35. The maximum atomic E-state index is 11.8. The van der Waals surface area contributed by atoms with E-state index < -0.39 is 26.5 Å². The van der Waals surface area contributed by atoms with Crippen LogP contribution in [-0.4, -0.2) is 42.0 Å². The third kappa shape index (κ3) is 4.33. The van der Waals surface area contributed by atoms with Crippen LogP contribution in [0.1, 0.15) is 20.3 Å². The highest BCUT2D eigenvalue weighted by Crippen LogP contribution is 2.17. The molecule has 1 amide bonds. The summed E-state index contributed by atoms with van der Waals surface area (Å²) in [5, 5.41) is 2.90. The molecule has 16 heavy (non-hydrogen) atoms. The molecule has 0 saturated heterocycles. The van der Waals surface area contributed by atoms with Crippen LogP contribution < -0.4 is 5.32 Å². The van der Waals surface area contributed by atoms with Gasteiger partial charge >= 0.3 is 0 Å². The fourth-order valence-electron chi connectivity index (χ4n) is 0.937. The molecule has 96 valence electrons. The Kier molecular flexibility index (Phi) is 6.50. The number of amides is 1. The molecule has 0 aromatic carbocycles. The predicted octanol–water partition coefficient (Wildman–Crippen LogP) is 1.47. The number of alkyl halides is 2. The number of sulfone groups is 1. The molecular formula is C9H17Br2NO3S. The lowest BCUT2D eigenvalue weighted by atomic mass is 10.0. The molecule has 0 aromatic rings. The van der Waals surface area contributed by atoms with Crippen LogP contribution in [0.4, 0.5) is 0 Å². The van der Waals surface area contributed by atoms with Crippen LogP contribution in [0.5, 0.6) is 0 Å². The van der Waals surface area contributed by atoms with E-state index in [1.54, 1.807) is 0 Å². The molecule has 0 aromatic heterocycles. The summed E-state index contributed by atoms with van der Waals surface area (Å²) in [5.41, 5.74) is -0.434. The topological polar surface area (TPSA) is 63.2 Å². The van der Waals surface area contributed by atoms with Gasteiger partial charge in [0, 0.05) is 16.9 Å². The fourth-order valence-corrected chi connectivity index (χ4v) is 3.39. The third-order valence-electron chi connectivity index (χ3n) is 2.59. The highest BCUT2D eigenvalue weighted by molar-refractivity contribution is 9.09. The fraction of sp³-hybridized carbons (Fsp3) is 0.889. The van der Waals surface area contributed by atoms with E-state index in [4.69, 9.17) is 0 Å². The van der Waals surface area contributed by atoms with Gasteiger partial charge in [-0.15, -0.1) is 0 Å². The second-order valence-electron chi connectivity index (χ2n) is 3.86. The molecule has 0 bridgehead atoms. The Bertz CT molecular complexity index is 330. The van der Waals surface area contributed by atoms with Crippen molar-refractivity contribution in [3.05, 3.63) is 0 Å². The maximum absolute atomic E-state index is 11.8. The zero-order chi connectivity index (χ0) is 13.0. The molecule has 1 N–H and O–H groups in total. The monoisotopic (exact) mass is 377 g/mol. The summed E-state index contributed by atoms with van der Waals surface area (Å²) in [6, 6.07) is 0. The minimum Gasteiger partial charge on any atom is -0.348 e. The SMILES string of the molecule is CCC(CBr)(CBr)NC(=O)C(C)S(C)(=O)=O. The molecule has 1 unspecified atom stereocenters. The van der Waals surface area contributed by atoms with Gasteiger partial charge in [-0.1, -0.05) is 38.8 Å². The van der Waals surface area contributed by atoms with E-state index in [-0.39, 0.29) is 0 Å². The first-order valence-corrected chi connectivity index (χ1v) is 9.05. The number of carbonyl (C=O) groups is 1. The van der Waals surface area contributed by atoms with Gasteiger partial charge in [0.1, 0.15) is 5.25 Å². The second kappa shape index (κ2) is 6.35. The van der Waals surface area contributed by atoms with Gasteiger partial charge < -0.3 is 5.32 Å². The minimum atomic E-state index is -3.34. The van der Waals surface area contributed by atoms with Crippen molar-refractivity contribution in [1.82, 2.24) is 5.32 Å². The average molecular weight is 379 g/mol. The van der Waals surface area contributed by atoms with Crippen molar-refractivity contribution in [1.29, 1.82) is 0 Å². The molecule has 0 spiro atoms. The van der Waals surface area contributed by atoms with Gasteiger partial charge in [0.2, 0.25) is 5.91 Å². The number of halogens is 2. The van der Waals surface area contributed by atoms with Crippen LogP contribution in [0.25, 0.3) is 0 Å². The molecule has 0 radical (unpaired) electrons. The van der Waals surface area contributed by atoms with Gasteiger partial charge in [-0.2, -0.15) is 0 Å². The standard InChI is InChI=1S/C9H17Br2NO3S/c1-4-9(5-10,6-11)12-8(13)7(2)16(3,14)15/h7H,4-6H2,1-3H3,(H,12,13). The summed E-state index contributed by atoms with van der Waals surface area (Å²) in [7, 11) is -3.34. The average Bonchev–Trinajstić information content (AvgIpc) is 2.23. The molecule has 0 aliphatic carbocycles. The molecule has 1 atom stereocenters. The van der Waals surface area contributed by atoms with E-state index in [1.165, 1.54) is 6.92 Å². The lowest BCUT2D eigenvalue weighted by Crippen LogP contribution is -2.54. The normalized spacial score (nSPS) is 14.6. The molecular weight excluding hydrogens is 362 g/mol. The van der Waals surface area contributed by atoms with E-state index in [0.717, 1.165) is 6.26 Å². The Morgan fingerprint density at radius 2 is 1.81 bits per heavy atom.